The summed E-state index contributed by atoms with van der Waals surface area (Å²) in [4.78, 5) is 12.3. The predicted molar refractivity (Wildman–Crippen MR) is 80.8 cm³/mol. The molecule has 8 heteroatoms. The molecule has 132 valence electrons. The van der Waals surface area contributed by atoms with Crippen LogP contribution in [0.1, 0.15) is 38.4 Å². The first-order valence-electron chi connectivity index (χ1n) is 7.49. The molecule has 0 saturated heterocycles. The standard InChI is InChI=1S/C16H19F3N2O3/c1-10(2)8-12-9-15(24,16(17,18)19)21(20-12)14(23)13(22)11-6-4-3-5-7-11/h3-7,10,13,22,24H,8-9H2,1-2H3/t13-,15+/m0/s1. The Morgan fingerprint density at radius 2 is 1.92 bits per heavy atom. The van der Waals surface area contributed by atoms with E-state index in [0.29, 0.717) is 0 Å². The third-order valence-electron chi connectivity index (χ3n) is 3.70. The molecule has 0 radical (unpaired) electrons. The van der Waals surface area contributed by atoms with Gasteiger partial charge in [0.1, 0.15) is 0 Å². The van der Waals surface area contributed by atoms with E-state index < -0.39 is 30.3 Å². The summed E-state index contributed by atoms with van der Waals surface area (Å²) < 4.78 is 40.0. The fourth-order valence-corrected chi connectivity index (χ4v) is 2.55. The van der Waals surface area contributed by atoms with Crippen molar-refractivity contribution < 1.29 is 28.2 Å². The van der Waals surface area contributed by atoms with Crippen LogP contribution in [-0.4, -0.2) is 38.7 Å². The molecule has 0 aliphatic carbocycles. The molecule has 24 heavy (non-hydrogen) atoms. The molecule has 0 aromatic heterocycles. The fourth-order valence-electron chi connectivity index (χ4n) is 2.55. The Hall–Kier alpha value is -1.93. The summed E-state index contributed by atoms with van der Waals surface area (Å²) >= 11 is 0. The van der Waals surface area contributed by atoms with Crippen LogP contribution in [0.4, 0.5) is 13.2 Å². The summed E-state index contributed by atoms with van der Waals surface area (Å²) in [5, 5.41) is 23.8. The lowest BCUT2D eigenvalue weighted by atomic mass is 9.99. The number of carbonyl (C=O) groups excluding carboxylic acids is 1. The Balaban J connectivity index is 2.35. The van der Waals surface area contributed by atoms with Gasteiger partial charge in [0.05, 0.1) is 0 Å². The second-order valence-corrected chi connectivity index (χ2v) is 6.22. The molecule has 0 saturated carbocycles. The highest BCUT2D eigenvalue weighted by Crippen LogP contribution is 2.42. The minimum Gasteiger partial charge on any atom is -0.378 e. The summed E-state index contributed by atoms with van der Waals surface area (Å²) in [5.74, 6) is -1.31. The maximum Gasteiger partial charge on any atom is 0.438 e. The molecule has 1 aromatic carbocycles. The van der Waals surface area contributed by atoms with Crippen LogP contribution in [0.25, 0.3) is 0 Å². The van der Waals surface area contributed by atoms with Gasteiger partial charge in [-0.1, -0.05) is 44.2 Å². The summed E-state index contributed by atoms with van der Waals surface area (Å²) in [6, 6.07) is 7.54. The lowest BCUT2D eigenvalue weighted by Crippen LogP contribution is -2.57. The number of halogens is 3. The van der Waals surface area contributed by atoms with Gasteiger partial charge >= 0.3 is 6.18 Å². The van der Waals surface area contributed by atoms with Gasteiger partial charge in [0.2, 0.25) is 0 Å². The largest absolute Gasteiger partial charge is 0.438 e. The van der Waals surface area contributed by atoms with Crippen LogP contribution < -0.4 is 0 Å². The van der Waals surface area contributed by atoms with Crippen molar-refractivity contribution in [1.29, 1.82) is 0 Å². The van der Waals surface area contributed by atoms with Crippen LogP contribution in [0.5, 0.6) is 0 Å². The molecule has 1 aliphatic heterocycles. The SMILES string of the molecule is CC(C)CC1=NN(C(=O)[C@@H](O)c2ccccc2)[C@](O)(C(F)(F)F)C1. The molecule has 1 aromatic rings. The topological polar surface area (TPSA) is 73.1 Å². The molecule has 5 nitrogen and oxygen atoms in total. The van der Waals surface area contributed by atoms with Gasteiger partial charge in [-0.15, -0.1) is 0 Å². The van der Waals surface area contributed by atoms with Crippen molar-refractivity contribution in [3.05, 3.63) is 35.9 Å². The van der Waals surface area contributed by atoms with Gasteiger partial charge in [0.25, 0.3) is 11.6 Å². The quantitative estimate of drug-likeness (QED) is 0.882. The smallest absolute Gasteiger partial charge is 0.378 e. The average molecular weight is 344 g/mol. The number of aliphatic hydroxyl groups is 2. The first-order valence-corrected chi connectivity index (χ1v) is 7.49. The van der Waals surface area contributed by atoms with Crippen LogP contribution in [0.2, 0.25) is 0 Å². The third kappa shape index (κ3) is 3.44. The van der Waals surface area contributed by atoms with Gasteiger partial charge in [-0.25, -0.2) is 0 Å². The monoisotopic (exact) mass is 344 g/mol. The number of aliphatic hydroxyl groups excluding tert-OH is 1. The Bertz CT molecular complexity index is 631. The Morgan fingerprint density at radius 3 is 2.42 bits per heavy atom. The van der Waals surface area contributed by atoms with E-state index in [2.05, 4.69) is 5.10 Å². The normalized spacial score (nSPS) is 22.7. The van der Waals surface area contributed by atoms with Crippen molar-refractivity contribution in [3.8, 4) is 0 Å². The second kappa shape index (κ2) is 6.52. The van der Waals surface area contributed by atoms with Crippen LogP contribution in [-0.2, 0) is 4.79 Å². The summed E-state index contributed by atoms with van der Waals surface area (Å²) in [7, 11) is 0. The molecule has 2 rings (SSSR count). The number of rotatable bonds is 4. The van der Waals surface area contributed by atoms with E-state index >= 15 is 0 Å². The van der Waals surface area contributed by atoms with Crippen molar-refractivity contribution in [2.24, 2.45) is 11.0 Å². The molecule has 0 bridgehead atoms. The highest BCUT2D eigenvalue weighted by molar-refractivity contribution is 5.92. The lowest BCUT2D eigenvalue weighted by Gasteiger charge is -2.33. The van der Waals surface area contributed by atoms with E-state index in [-0.39, 0.29) is 28.6 Å². The number of carbonyl (C=O) groups is 1. The Labute approximate surface area is 137 Å². The maximum absolute atomic E-state index is 13.3. The Morgan fingerprint density at radius 1 is 1.33 bits per heavy atom. The van der Waals surface area contributed by atoms with E-state index in [9.17, 15) is 28.2 Å². The highest BCUT2D eigenvalue weighted by Gasteiger charge is 2.63. The first-order chi connectivity index (χ1) is 11.1. The average Bonchev–Trinajstić information content (AvgIpc) is 2.83. The molecule has 2 N–H and O–H groups in total. The molecule has 1 amide bonds. The van der Waals surface area contributed by atoms with Crippen molar-refractivity contribution in [3.63, 3.8) is 0 Å². The molecule has 0 fully saturated rings. The van der Waals surface area contributed by atoms with E-state index in [1.54, 1.807) is 32.0 Å². The van der Waals surface area contributed by atoms with Gasteiger partial charge < -0.3 is 10.2 Å². The van der Waals surface area contributed by atoms with E-state index in [1.165, 1.54) is 12.1 Å². The van der Waals surface area contributed by atoms with Crippen LogP contribution in [0.3, 0.4) is 0 Å². The zero-order valence-corrected chi connectivity index (χ0v) is 13.3. The van der Waals surface area contributed by atoms with Gasteiger partial charge in [-0.05, 0) is 17.9 Å². The number of hydrazone groups is 1. The van der Waals surface area contributed by atoms with Gasteiger partial charge in [0.15, 0.2) is 6.10 Å². The zero-order chi connectivity index (χ0) is 18.1. The van der Waals surface area contributed by atoms with Crippen molar-refractivity contribution >= 4 is 11.6 Å². The summed E-state index contributed by atoms with van der Waals surface area (Å²) in [6.07, 6.45) is -7.55. The molecular formula is C16H19F3N2O3. The van der Waals surface area contributed by atoms with Gasteiger partial charge in [0, 0.05) is 12.1 Å². The van der Waals surface area contributed by atoms with Gasteiger partial charge in [-0.3, -0.25) is 4.79 Å². The van der Waals surface area contributed by atoms with Crippen LogP contribution in [0, 0.1) is 5.92 Å². The van der Waals surface area contributed by atoms with Crippen molar-refractivity contribution in [2.45, 2.75) is 44.7 Å². The minimum absolute atomic E-state index is 0.00957. The van der Waals surface area contributed by atoms with E-state index in [0.717, 1.165) is 0 Å². The lowest BCUT2D eigenvalue weighted by molar-refractivity contribution is -0.303. The number of benzene rings is 1. The minimum atomic E-state index is -5.10. The van der Waals surface area contributed by atoms with Crippen molar-refractivity contribution in [2.75, 3.05) is 0 Å². The van der Waals surface area contributed by atoms with Crippen molar-refractivity contribution in [1.82, 2.24) is 5.01 Å². The Kier molecular flexibility index (Phi) is 5.00. The predicted octanol–water partition coefficient (Wildman–Crippen LogP) is 2.61. The molecule has 2 atom stereocenters. The van der Waals surface area contributed by atoms with E-state index in [4.69, 9.17) is 0 Å². The molecule has 1 heterocycles. The number of amides is 1. The summed E-state index contributed by atoms with van der Waals surface area (Å²) in [5.41, 5.74) is -3.25. The number of alkyl halides is 3. The number of nitrogens with zero attached hydrogens (tertiary/aromatic N) is 2. The molecule has 1 aliphatic rings. The number of hydrogen-bond donors (Lipinski definition) is 2. The third-order valence-corrected chi connectivity index (χ3v) is 3.70. The van der Waals surface area contributed by atoms with E-state index in [1.807, 2.05) is 0 Å². The van der Waals surface area contributed by atoms with Gasteiger partial charge in [-0.2, -0.15) is 23.3 Å². The molecular weight excluding hydrogens is 325 g/mol. The number of hydrogen-bond acceptors (Lipinski definition) is 4. The second-order valence-electron chi connectivity index (χ2n) is 6.22. The molecule has 0 unspecified atom stereocenters. The summed E-state index contributed by atoms with van der Waals surface area (Å²) in [6.45, 7) is 3.58. The zero-order valence-electron chi connectivity index (χ0n) is 13.3. The molecule has 0 spiro atoms. The fraction of sp³-hybridized carbons (Fsp3) is 0.500. The van der Waals surface area contributed by atoms with Crippen LogP contribution >= 0.6 is 0 Å². The highest BCUT2D eigenvalue weighted by atomic mass is 19.4. The first kappa shape index (κ1) is 18.4. The van der Waals surface area contributed by atoms with Crippen LogP contribution in [0.15, 0.2) is 35.4 Å². The maximum atomic E-state index is 13.3.